The number of carbonyl (C=O) groups is 4. The summed E-state index contributed by atoms with van der Waals surface area (Å²) in [5.74, 6) is -3.21. The Balaban J connectivity index is 1.80. The van der Waals surface area contributed by atoms with Gasteiger partial charge >= 0.3 is 24.1 Å². The van der Waals surface area contributed by atoms with Crippen molar-refractivity contribution >= 4 is 24.1 Å². The fourth-order valence-corrected chi connectivity index (χ4v) is 6.42. The van der Waals surface area contributed by atoms with Crippen LogP contribution in [0.4, 0.5) is 9.59 Å². The number of ether oxygens (including phenoxy) is 2. The average molecular weight is 396 g/mol. The molecule has 4 aliphatic heterocycles. The lowest BCUT2D eigenvalue weighted by atomic mass is 9.36. The van der Waals surface area contributed by atoms with Crippen molar-refractivity contribution in [3.63, 3.8) is 0 Å². The molecule has 4 saturated heterocycles. The number of nitrogens with zero attached hydrogens (tertiary/aromatic N) is 2. The van der Waals surface area contributed by atoms with Crippen molar-refractivity contribution in [2.75, 3.05) is 26.3 Å². The van der Waals surface area contributed by atoms with Crippen molar-refractivity contribution in [3.05, 3.63) is 0 Å². The number of rotatable bonds is 4. The molecule has 0 aromatic rings. The highest BCUT2D eigenvalue weighted by molar-refractivity contribution is 5.87. The van der Waals surface area contributed by atoms with Crippen molar-refractivity contribution < 1.29 is 38.9 Å². The van der Waals surface area contributed by atoms with Crippen LogP contribution in [0, 0.1) is 22.7 Å². The zero-order chi connectivity index (χ0) is 20.4. The minimum absolute atomic E-state index is 0.00478. The van der Waals surface area contributed by atoms with E-state index in [1.807, 2.05) is 0 Å². The molecule has 3 saturated carbocycles. The van der Waals surface area contributed by atoms with Gasteiger partial charge in [0.25, 0.3) is 0 Å². The molecule has 7 aliphatic rings. The van der Waals surface area contributed by atoms with E-state index in [0.29, 0.717) is 0 Å². The quantitative estimate of drug-likeness (QED) is 0.714. The third-order valence-electron chi connectivity index (χ3n) is 7.40. The number of aliphatic carboxylic acids is 2. The van der Waals surface area contributed by atoms with Gasteiger partial charge in [-0.25, -0.2) is 9.59 Å². The number of carboxylic acids is 2. The maximum absolute atomic E-state index is 12.5. The lowest BCUT2D eigenvalue weighted by molar-refractivity contribution is -0.276. The first-order valence-corrected chi connectivity index (χ1v) is 9.59. The van der Waals surface area contributed by atoms with E-state index in [4.69, 9.17) is 9.47 Å². The highest BCUT2D eigenvalue weighted by atomic mass is 16.6. The second-order valence-electron chi connectivity index (χ2n) is 8.05. The molecule has 0 unspecified atom stereocenters. The van der Waals surface area contributed by atoms with Crippen LogP contribution in [0.15, 0.2) is 0 Å². The Bertz CT molecular complexity index is 694. The summed E-state index contributed by atoms with van der Waals surface area (Å²) in [6.45, 7) is 3.89. The van der Waals surface area contributed by atoms with Crippen LogP contribution in [0.1, 0.15) is 26.7 Å². The average Bonchev–Trinajstić information content (AvgIpc) is 2.67. The largest absolute Gasteiger partial charge is 0.481 e. The fraction of sp³-hybridized carbons (Fsp3) is 0.778. The second-order valence-corrected chi connectivity index (χ2v) is 8.05. The fourth-order valence-electron chi connectivity index (χ4n) is 6.42. The summed E-state index contributed by atoms with van der Waals surface area (Å²) < 4.78 is 10.2. The van der Waals surface area contributed by atoms with E-state index in [1.54, 1.807) is 13.8 Å². The first-order valence-electron chi connectivity index (χ1n) is 9.59. The number of hydrogen-bond acceptors (Lipinski definition) is 6. The van der Waals surface area contributed by atoms with Crippen LogP contribution in [0.3, 0.4) is 0 Å². The highest BCUT2D eigenvalue weighted by Gasteiger charge is 2.81. The molecule has 2 amide bonds. The Hall–Kier alpha value is -2.52. The third kappa shape index (κ3) is 1.98. The predicted molar refractivity (Wildman–Crippen MR) is 91.4 cm³/mol. The van der Waals surface area contributed by atoms with E-state index in [-0.39, 0.29) is 39.1 Å². The summed E-state index contributed by atoms with van der Waals surface area (Å²) in [4.78, 5) is 52.6. The van der Waals surface area contributed by atoms with Crippen molar-refractivity contribution in [3.8, 4) is 0 Å². The van der Waals surface area contributed by atoms with Crippen LogP contribution in [0.5, 0.6) is 0 Å². The molecule has 10 heteroatoms. The topological polar surface area (TPSA) is 134 Å². The monoisotopic (exact) mass is 396 g/mol. The molecule has 2 N–H and O–H groups in total. The molecule has 10 nitrogen and oxygen atoms in total. The third-order valence-corrected chi connectivity index (χ3v) is 7.40. The molecule has 0 spiro atoms. The van der Waals surface area contributed by atoms with Crippen LogP contribution in [0.25, 0.3) is 0 Å². The van der Waals surface area contributed by atoms with Crippen molar-refractivity contribution in [1.29, 1.82) is 0 Å². The number of piperidine rings is 4. The first-order chi connectivity index (χ1) is 13.3. The van der Waals surface area contributed by atoms with Gasteiger partial charge in [0.1, 0.15) is 0 Å². The van der Waals surface area contributed by atoms with Gasteiger partial charge < -0.3 is 29.5 Å². The van der Waals surface area contributed by atoms with Gasteiger partial charge in [-0.1, -0.05) is 0 Å². The number of fused-ring (bicyclic) bond motifs is 2. The Morgan fingerprint density at radius 3 is 1.46 bits per heavy atom. The van der Waals surface area contributed by atoms with Crippen LogP contribution < -0.4 is 0 Å². The Kier molecular flexibility index (Phi) is 4.03. The van der Waals surface area contributed by atoms with E-state index in [9.17, 15) is 29.4 Å². The van der Waals surface area contributed by atoms with Gasteiger partial charge in [0.15, 0.2) is 0 Å². The molecule has 28 heavy (non-hydrogen) atoms. The standard InChI is InChI=1S/C18H24N2O8/c1-3-27-15(25)19-7-9-10-8-20(16(26)28-4-2)12-6-17(10,13(21)22)11(19)5-18(9,12)14(23)24/h9-12H,3-8H2,1-2H3,(H,21,22)(H,23,24)/t9-,10+,11-,12+,17-,18-/m0/s1. The number of carbonyl (C=O) groups excluding carboxylic acids is 2. The summed E-state index contributed by atoms with van der Waals surface area (Å²) in [6.07, 6.45) is -1.23. The van der Waals surface area contributed by atoms with Gasteiger partial charge in [-0.15, -0.1) is 0 Å². The molecule has 6 atom stereocenters. The van der Waals surface area contributed by atoms with Crippen molar-refractivity contribution in [2.45, 2.75) is 38.8 Å². The predicted octanol–water partition coefficient (Wildman–Crippen LogP) is 0.850. The highest BCUT2D eigenvalue weighted by Crippen LogP contribution is 2.70. The smallest absolute Gasteiger partial charge is 0.410 e. The number of hydrogen-bond donors (Lipinski definition) is 2. The Morgan fingerprint density at radius 2 is 1.18 bits per heavy atom. The minimum Gasteiger partial charge on any atom is -0.481 e. The van der Waals surface area contributed by atoms with Gasteiger partial charge in [0.05, 0.1) is 36.1 Å². The van der Waals surface area contributed by atoms with E-state index in [0.717, 1.165) is 0 Å². The van der Waals surface area contributed by atoms with Crippen LogP contribution in [0.2, 0.25) is 0 Å². The molecule has 6 bridgehead atoms. The number of carboxylic acid groups (broad SMARTS) is 2. The molecule has 7 fully saturated rings. The minimum atomic E-state index is -1.28. The van der Waals surface area contributed by atoms with Crippen molar-refractivity contribution in [1.82, 2.24) is 9.80 Å². The Morgan fingerprint density at radius 1 is 0.821 bits per heavy atom. The molecule has 0 aromatic carbocycles. The summed E-state index contributed by atoms with van der Waals surface area (Å²) in [6, 6.07) is -1.54. The molecule has 3 aliphatic carbocycles. The van der Waals surface area contributed by atoms with E-state index < -0.39 is 58.9 Å². The van der Waals surface area contributed by atoms with E-state index >= 15 is 0 Å². The maximum atomic E-state index is 12.5. The Labute approximate surface area is 161 Å². The maximum Gasteiger partial charge on any atom is 0.410 e. The zero-order valence-electron chi connectivity index (χ0n) is 15.8. The summed E-state index contributed by atoms with van der Waals surface area (Å²) in [5.41, 5.74) is -2.55. The summed E-state index contributed by atoms with van der Waals surface area (Å²) in [7, 11) is 0. The van der Waals surface area contributed by atoms with Gasteiger partial charge in [0, 0.05) is 24.9 Å². The lowest BCUT2D eigenvalue weighted by Gasteiger charge is -2.75. The molecular formula is C18H24N2O8. The second kappa shape index (κ2) is 5.99. The molecule has 0 aromatic heterocycles. The molecule has 4 heterocycles. The summed E-state index contributed by atoms with van der Waals surface area (Å²) >= 11 is 0. The lowest BCUT2D eigenvalue weighted by Crippen LogP contribution is -2.86. The normalized spacial score (nSPS) is 39.8. The van der Waals surface area contributed by atoms with Crippen LogP contribution in [-0.4, -0.2) is 82.5 Å². The van der Waals surface area contributed by atoms with Crippen LogP contribution in [-0.2, 0) is 19.1 Å². The molecule has 0 radical (unpaired) electrons. The first kappa shape index (κ1) is 18.8. The number of amides is 2. The molecule has 7 rings (SSSR count). The van der Waals surface area contributed by atoms with Gasteiger partial charge in [-0.2, -0.15) is 0 Å². The zero-order valence-corrected chi connectivity index (χ0v) is 15.8. The molecular weight excluding hydrogens is 372 g/mol. The van der Waals surface area contributed by atoms with Crippen molar-refractivity contribution in [2.24, 2.45) is 22.7 Å². The van der Waals surface area contributed by atoms with Crippen LogP contribution >= 0.6 is 0 Å². The van der Waals surface area contributed by atoms with E-state index in [1.165, 1.54) is 9.80 Å². The van der Waals surface area contributed by atoms with E-state index in [2.05, 4.69) is 0 Å². The van der Waals surface area contributed by atoms with Gasteiger partial charge in [-0.05, 0) is 26.7 Å². The SMILES string of the molecule is CCOC(=O)N1C[C@H]2[C@H]3CN(C(=O)OCC)[C@@H]4C[C@@]3(C(=O)O)[C@@H]1C[C@]24C(=O)O. The van der Waals surface area contributed by atoms with Gasteiger partial charge in [-0.3, -0.25) is 9.59 Å². The van der Waals surface area contributed by atoms with Gasteiger partial charge in [0.2, 0.25) is 0 Å². The summed E-state index contributed by atoms with van der Waals surface area (Å²) in [5, 5.41) is 20.4. The molecule has 154 valence electrons.